The van der Waals surface area contributed by atoms with Gasteiger partial charge in [0.2, 0.25) is 0 Å². The van der Waals surface area contributed by atoms with Gasteiger partial charge in [0, 0.05) is 37.5 Å². The van der Waals surface area contributed by atoms with E-state index >= 15 is 0 Å². The fourth-order valence-corrected chi connectivity index (χ4v) is 5.50. The smallest absolute Gasteiger partial charge is 0.328 e. The van der Waals surface area contributed by atoms with Gasteiger partial charge in [-0.2, -0.15) is 0 Å². The van der Waals surface area contributed by atoms with E-state index in [1.165, 1.54) is 17.5 Å². The highest BCUT2D eigenvalue weighted by Gasteiger charge is 2.24. The summed E-state index contributed by atoms with van der Waals surface area (Å²) < 4.78 is 14.2. The zero-order chi connectivity index (χ0) is 31.1. The summed E-state index contributed by atoms with van der Waals surface area (Å²) in [5, 5.41) is 25.2. The van der Waals surface area contributed by atoms with E-state index in [1.807, 2.05) is 6.07 Å². The lowest BCUT2D eigenvalue weighted by Gasteiger charge is -2.34. The normalized spacial score (nSPS) is 14.1. The minimum Gasteiger partial charge on any atom is -0.478 e. The van der Waals surface area contributed by atoms with Crippen LogP contribution in [-0.2, 0) is 19.1 Å². The number of aliphatic carboxylic acids is 2. The molecule has 2 N–H and O–H groups in total. The zero-order valence-electron chi connectivity index (χ0n) is 24.6. The second-order valence-electron chi connectivity index (χ2n) is 10.1. The third kappa shape index (κ3) is 10.6. The molecule has 3 heterocycles. The summed E-state index contributed by atoms with van der Waals surface area (Å²) in [5.41, 5.74) is 4.32. The molecule has 232 valence electrons. The van der Waals surface area contributed by atoms with E-state index in [-0.39, 0.29) is 12.2 Å². The predicted molar refractivity (Wildman–Crippen MR) is 167 cm³/mol. The van der Waals surface area contributed by atoms with Gasteiger partial charge in [0.05, 0.1) is 19.3 Å². The zero-order valence-corrected chi connectivity index (χ0v) is 25.4. The van der Waals surface area contributed by atoms with Crippen molar-refractivity contribution in [3.63, 3.8) is 0 Å². The van der Waals surface area contributed by atoms with Gasteiger partial charge in [0.15, 0.2) is 5.65 Å². The van der Waals surface area contributed by atoms with Crippen molar-refractivity contribution in [1.82, 2.24) is 24.7 Å². The number of aryl methyl sites for hydroxylation is 1. The van der Waals surface area contributed by atoms with Crippen LogP contribution in [0.4, 0.5) is 0 Å². The summed E-state index contributed by atoms with van der Waals surface area (Å²) in [6, 6.07) is 23.1. The molecule has 1 aliphatic heterocycles. The number of nitrogens with zero attached hydrogens (tertiary/aromatic N) is 5. The third-order valence-electron chi connectivity index (χ3n) is 6.88. The molecule has 2 aromatic heterocycles. The average molecular weight is 620 g/mol. The van der Waals surface area contributed by atoms with Crippen LogP contribution in [0.5, 0.6) is 0 Å². The number of aromatic nitrogens is 4. The maximum Gasteiger partial charge on any atom is 0.328 e. The molecule has 1 saturated heterocycles. The number of carboxylic acid groups (broad SMARTS) is 2. The highest BCUT2D eigenvalue weighted by atomic mass is 32.2. The van der Waals surface area contributed by atoms with E-state index in [4.69, 9.17) is 19.7 Å². The predicted octanol–water partition coefficient (Wildman–Crippen LogP) is 4.52. The lowest BCUT2D eigenvalue weighted by atomic mass is 10.00. The third-order valence-corrected chi connectivity index (χ3v) is 7.93. The molecule has 0 saturated carbocycles. The van der Waals surface area contributed by atoms with Crippen LogP contribution in [0.1, 0.15) is 35.6 Å². The van der Waals surface area contributed by atoms with Crippen LogP contribution >= 0.6 is 11.8 Å². The van der Waals surface area contributed by atoms with Gasteiger partial charge in [-0.1, -0.05) is 60.7 Å². The van der Waals surface area contributed by atoms with Gasteiger partial charge >= 0.3 is 11.9 Å². The van der Waals surface area contributed by atoms with Crippen LogP contribution in [0.15, 0.2) is 90.2 Å². The first kappa shape index (κ1) is 32.8. The molecule has 0 atom stereocenters. The van der Waals surface area contributed by atoms with E-state index in [0.29, 0.717) is 18.8 Å². The number of hydrogen-bond donors (Lipinski definition) is 2. The lowest BCUT2D eigenvalue weighted by Crippen LogP contribution is -2.39. The Kier molecular flexibility index (Phi) is 12.9. The number of ether oxygens (including phenoxy) is 2. The number of fused-ring (bicyclic) bond motifs is 1. The number of benzene rings is 2. The van der Waals surface area contributed by atoms with E-state index in [1.54, 1.807) is 16.4 Å². The summed E-state index contributed by atoms with van der Waals surface area (Å²) in [6.07, 6.45) is 4.98. The van der Waals surface area contributed by atoms with E-state index in [2.05, 4.69) is 87.7 Å². The Balaban J connectivity index is 0.000000488. The molecule has 0 unspecified atom stereocenters. The topological polar surface area (TPSA) is 139 Å². The molecular formula is C32H37N5O6S. The van der Waals surface area contributed by atoms with Crippen molar-refractivity contribution in [2.45, 2.75) is 37.0 Å². The number of carboxylic acids is 2. The largest absolute Gasteiger partial charge is 0.478 e. The van der Waals surface area contributed by atoms with Gasteiger partial charge in [-0.05, 0) is 42.5 Å². The molecule has 4 aromatic rings. The van der Waals surface area contributed by atoms with Gasteiger partial charge in [-0.25, -0.2) is 14.6 Å². The number of likely N-dealkylation sites (tertiary alicyclic amines) is 1. The van der Waals surface area contributed by atoms with Crippen molar-refractivity contribution in [1.29, 1.82) is 0 Å². The van der Waals surface area contributed by atoms with Gasteiger partial charge in [0.1, 0.15) is 17.5 Å². The molecule has 1 fully saturated rings. The maximum absolute atomic E-state index is 9.55. The Morgan fingerprint density at radius 3 is 2.18 bits per heavy atom. The van der Waals surface area contributed by atoms with Gasteiger partial charge < -0.3 is 24.6 Å². The second kappa shape index (κ2) is 17.3. The summed E-state index contributed by atoms with van der Waals surface area (Å²) in [7, 11) is 0. The highest BCUT2D eigenvalue weighted by molar-refractivity contribution is 7.99. The van der Waals surface area contributed by atoms with Crippen LogP contribution < -0.4 is 0 Å². The van der Waals surface area contributed by atoms with E-state index in [9.17, 15) is 9.59 Å². The molecule has 44 heavy (non-hydrogen) atoms. The monoisotopic (exact) mass is 619 g/mol. The first-order chi connectivity index (χ1) is 21.4. The Labute approximate surface area is 260 Å². The lowest BCUT2D eigenvalue weighted by molar-refractivity contribution is -0.134. The molecular weight excluding hydrogens is 582 g/mol. The van der Waals surface area contributed by atoms with Gasteiger partial charge in [-0.15, -0.1) is 26.6 Å². The summed E-state index contributed by atoms with van der Waals surface area (Å²) in [4.78, 5) is 25.8. The number of thioether (sulfide) groups is 1. The van der Waals surface area contributed by atoms with Crippen molar-refractivity contribution < 1.29 is 29.3 Å². The Morgan fingerprint density at radius 1 is 0.977 bits per heavy atom. The SMILES string of the molecule is Cc1cc2ncnn2nc1SCCOCCN1CCC(OC(c2ccccc2)c2ccccc2)CC1.O=C(O)C=CC(=O)O. The standard InChI is InChI=1S/C28H33N5O2S.C4H4O4/c1-22-20-26-29-21-30-33(26)31-28(22)36-19-18-34-17-16-32-14-12-25(13-15-32)35-27(23-8-4-2-5-9-23)24-10-6-3-7-11-24;5-3(6)1-2-4(7)8/h2-11,20-21,25,27H,12-19H2,1H3;1-2H,(H,5,6)(H,7,8). The number of rotatable bonds is 13. The maximum atomic E-state index is 9.55. The van der Waals surface area contributed by atoms with Crippen LogP contribution in [0.3, 0.4) is 0 Å². The second-order valence-corrected chi connectivity index (χ2v) is 11.2. The van der Waals surface area contributed by atoms with E-state index < -0.39 is 11.9 Å². The van der Waals surface area contributed by atoms with Crippen molar-refractivity contribution in [3.05, 3.63) is 102 Å². The number of piperidine rings is 1. The fraction of sp³-hybridized carbons (Fsp3) is 0.344. The minimum absolute atomic E-state index is 0.0202. The molecule has 0 aliphatic carbocycles. The molecule has 12 heteroatoms. The fourth-order valence-electron chi connectivity index (χ4n) is 4.68. The quantitative estimate of drug-likeness (QED) is 0.124. The van der Waals surface area contributed by atoms with Crippen molar-refractivity contribution >= 4 is 29.3 Å². The van der Waals surface area contributed by atoms with Crippen LogP contribution in [0, 0.1) is 6.92 Å². The first-order valence-corrected chi connectivity index (χ1v) is 15.4. The molecule has 1 aliphatic rings. The van der Waals surface area contributed by atoms with Gasteiger partial charge in [0.25, 0.3) is 0 Å². The van der Waals surface area contributed by atoms with Crippen molar-refractivity contribution in [2.24, 2.45) is 0 Å². The van der Waals surface area contributed by atoms with Crippen molar-refractivity contribution in [3.8, 4) is 0 Å². The average Bonchev–Trinajstić information content (AvgIpc) is 3.49. The number of hydrogen-bond acceptors (Lipinski definition) is 9. The summed E-state index contributed by atoms with van der Waals surface area (Å²) in [6.45, 7) is 6.55. The molecule has 11 nitrogen and oxygen atoms in total. The first-order valence-electron chi connectivity index (χ1n) is 14.4. The van der Waals surface area contributed by atoms with Crippen LogP contribution in [-0.4, -0.2) is 91.6 Å². The van der Waals surface area contributed by atoms with E-state index in [0.717, 1.165) is 61.1 Å². The molecule has 0 amide bonds. The molecule has 0 radical (unpaired) electrons. The molecule has 0 spiro atoms. The minimum atomic E-state index is -1.26. The van der Waals surface area contributed by atoms with Crippen LogP contribution in [0.25, 0.3) is 5.65 Å². The molecule has 2 aromatic carbocycles. The summed E-state index contributed by atoms with van der Waals surface area (Å²) in [5.74, 6) is -1.65. The van der Waals surface area contributed by atoms with Crippen LogP contribution in [0.2, 0.25) is 0 Å². The molecule has 5 rings (SSSR count). The Hall–Kier alpha value is -4.10. The number of carbonyl (C=O) groups is 2. The van der Waals surface area contributed by atoms with Crippen molar-refractivity contribution in [2.75, 3.05) is 38.6 Å². The van der Waals surface area contributed by atoms with Gasteiger partial charge in [-0.3, -0.25) is 0 Å². The highest BCUT2D eigenvalue weighted by Crippen LogP contribution is 2.30. The summed E-state index contributed by atoms with van der Waals surface area (Å²) >= 11 is 1.70. The Morgan fingerprint density at radius 2 is 1.59 bits per heavy atom. The Bertz CT molecular complexity index is 1440. The molecule has 0 bridgehead atoms.